The highest BCUT2D eigenvalue weighted by molar-refractivity contribution is 6.06. The fourth-order valence-electron chi connectivity index (χ4n) is 2.22. The lowest BCUT2D eigenvalue weighted by molar-refractivity contribution is -0.124. The number of carbonyl (C=O) groups excluding carboxylic acids is 2. The largest absolute Gasteiger partial charge is 0.324 e. The summed E-state index contributed by atoms with van der Waals surface area (Å²) in [7, 11) is 0. The molecule has 0 aromatic heterocycles. The Kier molecular flexibility index (Phi) is 3.55. The van der Waals surface area contributed by atoms with Gasteiger partial charge in [-0.2, -0.15) is 0 Å². The molecule has 1 aliphatic rings. The summed E-state index contributed by atoms with van der Waals surface area (Å²) in [5, 5.41) is 5.37. The number of amides is 3. The second-order valence-corrected chi connectivity index (χ2v) is 4.80. The molecular weight excluding hydrogens is 266 g/mol. The first-order valence-electron chi connectivity index (χ1n) is 6.73. The van der Waals surface area contributed by atoms with Crippen molar-refractivity contribution in [3.8, 4) is 0 Å². The third-order valence-corrected chi connectivity index (χ3v) is 3.33. The predicted octanol–water partition coefficient (Wildman–Crippen LogP) is 2.22. The number of carbonyl (C=O) groups is 2. The van der Waals surface area contributed by atoms with Gasteiger partial charge in [-0.25, -0.2) is 4.79 Å². The lowest BCUT2D eigenvalue weighted by atomic mass is 10.1. The summed E-state index contributed by atoms with van der Waals surface area (Å²) in [4.78, 5) is 25.5. The van der Waals surface area contributed by atoms with Gasteiger partial charge in [0.15, 0.2) is 0 Å². The Balaban J connectivity index is 1.54. The minimum absolute atomic E-state index is 0.0931. The zero-order valence-corrected chi connectivity index (χ0v) is 11.3. The summed E-state index contributed by atoms with van der Waals surface area (Å²) >= 11 is 0. The van der Waals surface area contributed by atoms with Gasteiger partial charge >= 0.3 is 6.03 Å². The van der Waals surface area contributed by atoms with E-state index in [0.717, 1.165) is 5.69 Å². The molecule has 21 heavy (non-hydrogen) atoms. The maximum Gasteiger partial charge on any atom is 0.319 e. The summed E-state index contributed by atoms with van der Waals surface area (Å²) in [6, 6.07) is 17.7. The van der Waals surface area contributed by atoms with Gasteiger partial charge in [0.25, 0.3) is 5.91 Å². The maximum atomic E-state index is 12.0. The van der Waals surface area contributed by atoms with Gasteiger partial charge in [0.1, 0.15) is 6.04 Å². The molecule has 0 unspecified atom stereocenters. The second kappa shape index (κ2) is 5.66. The van der Waals surface area contributed by atoms with E-state index < -0.39 is 6.04 Å². The number of anilines is 2. The van der Waals surface area contributed by atoms with E-state index in [2.05, 4.69) is 10.6 Å². The van der Waals surface area contributed by atoms with Crippen molar-refractivity contribution in [1.29, 1.82) is 0 Å². The third-order valence-electron chi connectivity index (χ3n) is 3.33. The molecular formula is C16H15N3O2. The van der Waals surface area contributed by atoms with E-state index in [1.807, 2.05) is 48.5 Å². The number of β-lactam (4-membered cyclic amide) rings is 1. The van der Waals surface area contributed by atoms with Crippen LogP contribution in [0, 0.1) is 0 Å². The van der Waals surface area contributed by atoms with Crippen molar-refractivity contribution in [2.24, 2.45) is 0 Å². The minimum Gasteiger partial charge on any atom is -0.324 e. The Morgan fingerprint density at radius 3 is 2.24 bits per heavy atom. The molecule has 106 valence electrons. The van der Waals surface area contributed by atoms with Crippen molar-refractivity contribution in [2.75, 3.05) is 16.8 Å². The molecule has 0 spiro atoms. The first kappa shape index (κ1) is 13.2. The van der Waals surface area contributed by atoms with Gasteiger partial charge < -0.3 is 15.5 Å². The third kappa shape index (κ3) is 2.86. The molecule has 1 saturated heterocycles. The summed E-state index contributed by atoms with van der Waals surface area (Å²) in [6.07, 6.45) is 0. The summed E-state index contributed by atoms with van der Waals surface area (Å²) in [6.45, 7) is 0.491. The van der Waals surface area contributed by atoms with E-state index in [9.17, 15) is 9.59 Å². The van der Waals surface area contributed by atoms with Crippen LogP contribution in [-0.2, 0) is 4.79 Å². The molecule has 1 heterocycles. The Labute approximate surface area is 122 Å². The highest BCUT2D eigenvalue weighted by Gasteiger charge is 2.38. The van der Waals surface area contributed by atoms with E-state index >= 15 is 0 Å². The van der Waals surface area contributed by atoms with E-state index in [1.54, 1.807) is 17.0 Å². The zero-order chi connectivity index (χ0) is 14.7. The van der Waals surface area contributed by atoms with Crippen LogP contribution in [0.5, 0.6) is 0 Å². The number of rotatable bonds is 3. The zero-order valence-electron chi connectivity index (χ0n) is 11.3. The van der Waals surface area contributed by atoms with Gasteiger partial charge in [0.05, 0.1) is 6.54 Å². The number of benzene rings is 2. The summed E-state index contributed by atoms with van der Waals surface area (Å²) in [5.41, 5.74) is 1.55. The first-order chi connectivity index (χ1) is 10.2. The normalized spacial score (nSPS) is 17.0. The van der Waals surface area contributed by atoms with Gasteiger partial charge in [0, 0.05) is 11.4 Å². The van der Waals surface area contributed by atoms with Crippen LogP contribution in [0.1, 0.15) is 0 Å². The Morgan fingerprint density at radius 1 is 1.00 bits per heavy atom. The molecule has 2 N–H and O–H groups in total. The van der Waals surface area contributed by atoms with Gasteiger partial charge in [-0.3, -0.25) is 4.79 Å². The number of para-hydroxylation sites is 2. The lowest BCUT2D eigenvalue weighted by Gasteiger charge is -2.38. The molecule has 5 heteroatoms. The Hall–Kier alpha value is -2.82. The SMILES string of the molecule is O=C(Nc1ccccc1)N[C@H]1CN(c2ccccc2)C1=O. The molecule has 0 radical (unpaired) electrons. The summed E-state index contributed by atoms with van der Waals surface area (Å²) < 4.78 is 0. The average molecular weight is 281 g/mol. The maximum absolute atomic E-state index is 12.0. The van der Waals surface area contributed by atoms with Crippen molar-refractivity contribution in [3.63, 3.8) is 0 Å². The van der Waals surface area contributed by atoms with Crippen molar-refractivity contribution >= 4 is 23.3 Å². The van der Waals surface area contributed by atoms with E-state index in [0.29, 0.717) is 12.2 Å². The molecule has 2 aromatic rings. The van der Waals surface area contributed by atoms with Crippen LogP contribution in [0.3, 0.4) is 0 Å². The van der Waals surface area contributed by atoms with E-state index in [-0.39, 0.29) is 11.9 Å². The number of nitrogens with zero attached hydrogens (tertiary/aromatic N) is 1. The quantitative estimate of drug-likeness (QED) is 0.847. The van der Waals surface area contributed by atoms with Crippen LogP contribution in [0.25, 0.3) is 0 Å². The average Bonchev–Trinajstić information content (AvgIpc) is 2.52. The molecule has 2 aromatic carbocycles. The van der Waals surface area contributed by atoms with Gasteiger partial charge in [-0.05, 0) is 24.3 Å². The molecule has 3 rings (SSSR count). The molecule has 0 saturated carbocycles. The standard InChI is InChI=1S/C16H15N3O2/c20-15-14(11-19(15)13-9-5-2-6-10-13)18-16(21)17-12-7-3-1-4-8-12/h1-10,14H,11H2,(H2,17,18,21)/t14-/m0/s1. The van der Waals surface area contributed by atoms with Gasteiger partial charge in [0.2, 0.25) is 0 Å². The topological polar surface area (TPSA) is 61.4 Å². The van der Waals surface area contributed by atoms with Crippen molar-refractivity contribution in [1.82, 2.24) is 5.32 Å². The van der Waals surface area contributed by atoms with Crippen LogP contribution in [0.2, 0.25) is 0 Å². The van der Waals surface area contributed by atoms with Crippen LogP contribution in [-0.4, -0.2) is 24.5 Å². The minimum atomic E-state index is -0.464. The fourth-order valence-corrected chi connectivity index (χ4v) is 2.22. The van der Waals surface area contributed by atoms with Crippen LogP contribution in [0.15, 0.2) is 60.7 Å². The van der Waals surface area contributed by atoms with Crippen LogP contribution < -0.4 is 15.5 Å². The molecule has 3 amide bonds. The highest BCUT2D eigenvalue weighted by atomic mass is 16.2. The summed E-state index contributed by atoms with van der Waals surface area (Å²) in [5.74, 6) is -0.0931. The molecule has 1 fully saturated rings. The van der Waals surface area contributed by atoms with Crippen molar-refractivity contribution in [3.05, 3.63) is 60.7 Å². The Morgan fingerprint density at radius 2 is 1.62 bits per heavy atom. The fraction of sp³-hybridized carbons (Fsp3) is 0.125. The Bertz CT molecular complexity index is 643. The van der Waals surface area contributed by atoms with Crippen molar-refractivity contribution < 1.29 is 9.59 Å². The molecule has 5 nitrogen and oxygen atoms in total. The predicted molar refractivity (Wildman–Crippen MR) is 81.2 cm³/mol. The molecule has 0 bridgehead atoms. The number of hydrogen-bond donors (Lipinski definition) is 2. The number of nitrogens with one attached hydrogen (secondary N) is 2. The monoisotopic (exact) mass is 281 g/mol. The number of urea groups is 1. The highest BCUT2D eigenvalue weighted by Crippen LogP contribution is 2.21. The van der Waals surface area contributed by atoms with Gasteiger partial charge in [-0.15, -0.1) is 0 Å². The molecule has 1 atom stereocenters. The van der Waals surface area contributed by atoms with Crippen LogP contribution >= 0.6 is 0 Å². The van der Waals surface area contributed by atoms with Crippen molar-refractivity contribution in [2.45, 2.75) is 6.04 Å². The van der Waals surface area contributed by atoms with Gasteiger partial charge in [-0.1, -0.05) is 36.4 Å². The second-order valence-electron chi connectivity index (χ2n) is 4.80. The molecule has 1 aliphatic heterocycles. The van der Waals surface area contributed by atoms with Crippen LogP contribution in [0.4, 0.5) is 16.2 Å². The number of hydrogen-bond acceptors (Lipinski definition) is 2. The lowest BCUT2D eigenvalue weighted by Crippen LogP contribution is -2.64. The molecule has 0 aliphatic carbocycles. The first-order valence-corrected chi connectivity index (χ1v) is 6.73. The van der Waals surface area contributed by atoms with E-state index in [1.165, 1.54) is 0 Å². The van der Waals surface area contributed by atoms with E-state index in [4.69, 9.17) is 0 Å². The smallest absolute Gasteiger partial charge is 0.319 e.